The number of amides is 1. The number of hydrogen-bond acceptors (Lipinski definition) is 10. The Bertz CT molecular complexity index is 1950. The van der Waals surface area contributed by atoms with Gasteiger partial charge >= 0.3 is 0 Å². The van der Waals surface area contributed by atoms with Gasteiger partial charge in [-0.2, -0.15) is 0 Å². The van der Waals surface area contributed by atoms with Gasteiger partial charge in [0.15, 0.2) is 33.0 Å². The highest BCUT2D eigenvalue weighted by Gasteiger charge is 2.54. The van der Waals surface area contributed by atoms with Crippen LogP contribution in [-0.4, -0.2) is 70.6 Å². The number of carbonyl (C=O) groups is 1. The van der Waals surface area contributed by atoms with Crippen molar-refractivity contribution in [3.63, 3.8) is 0 Å². The summed E-state index contributed by atoms with van der Waals surface area (Å²) in [5, 5.41) is 9.68. The summed E-state index contributed by atoms with van der Waals surface area (Å²) < 4.78 is 50.0. The number of ether oxygens (including phenoxy) is 4. The molecular formula is C37H39Cl2N3O8S. The normalized spacial score (nSPS) is 17.0. The highest BCUT2D eigenvalue weighted by molar-refractivity contribution is 7.91. The minimum absolute atomic E-state index is 0.00655. The molecule has 11 nitrogen and oxygen atoms in total. The van der Waals surface area contributed by atoms with Crippen LogP contribution in [0.3, 0.4) is 0 Å². The number of benzene rings is 4. The van der Waals surface area contributed by atoms with E-state index in [9.17, 15) is 13.2 Å². The quantitative estimate of drug-likeness (QED) is 0.0906. The summed E-state index contributed by atoms with van der Waals surface area (Å²) in [6.07, 6.45) is -0.382. The van der Waals surface area contributed by atoms with Crippen molar-refractivity contribution in [1.82, 2.24) is 10.9 Å². The van der Waals surface area contributed by atoms with Gasteiger partial charge in [-0.1, -0.05) is 53.5 Å². The van der Waals surface area contributed by atoms with Crippen LogP contribution in [0.2, 0.25) is 10.0 Å². The van der Waals surface area contributed by atoms with Gasteiger partial charge in [0, 0.05) is 47.2 Å². The second-order valence-electron chi connectivity index (χ2n) is 11.7. The standard InChI is InChI=1S/C37H39Cl2N3O8S/c1-47-32-16-9-25(23-33(32)48-2)17-19-40-42-36(44)37(18-22-51(45,46)29-7-4-3-5-8-29)34(30-15-12-27(38)24-31(30)39)50-35(41-37)26-10-13-28(14-11-26)49-21-6-20-43/h3-5,7-16,23-24,34,40,43H,6,17-22H2,1-2H3,(H,42,44)/t34-,37-/m0/s1. The van der Waals surface area contributed by atoms with Gasteiger partial charge in [-0.25, -0.2) is 18.8 Å². The summed E-state index contributed by atoms with van der Waals surface area (Å²) in [5.74, 6) is 0.823. The topological polar surface area (TPSA) is 145 Å². The number of aliphatic hydroxyl groups is 1. The predicted octanol–water partition coefficient (Wildman–Crippen LogP) is 5.76. The van der Waals surface area contributed by atoms with E-state index in [0.717, 1.165) is 5.56 Å². The third kappa shape index (κ3) is 9.13. The SMILES string of the molecule is COc1ccc(CCNNC(=O)[C@@]2(CCS(=O)(=O)c3ccccc3)N=C(c3ccc(OCCCO)cc3)O[C@H]2c2ccc(Cl)cc2Cl)cc1OC. The Balaban J connectivity index is 1.48. The van der Waals surface area contributed by atoms with E-state index in [2.05, 4.69) is 10.9 Å². The van der Waals surface area contributed by atoms with E-state index in [4.69, 9.17) is 52.2 Å². The summed E-state index contributed by atoms with van der Waals surface area (Å²) in [6, 6.07) is 25.3. The van der Waals surface area contributed by atoms with Crippen molar-refractivity contribution in [2.24, 2.45) is 4.99 Å². The number of methoxy groups -OCH3 is 2. The molecule has 0 fully saturated rings. The minimum Gasteiger partial charge on any atom is -0.494 e. The van der Waals surface area contributed by atoms with Gasteiger partial charge in [0.25, 0.3) is 5.91 Å². The lowest BCUT2D eigenvalue weighted by molar-refractivity contribution is -0.130. The first-order valence-electron chi connectivity index (χ1n) is 16.2. The fourth-order valence-electron chi connectivity index (χ4n) is 5.59. The Hall–Kier alpha value is -4.33. The first-order valence-corrected chi connectivity index (χ1v) is 18.6. The number of halogens is 2. The molecule has 4 aromatic rings. The third-order valence-electron chi connectivity index (χ3n) is 8.32. The Kier molecular flexibility index (Phi) is 12.8. The molecule has 1 aliphatic rings. The Labute approximate surface area is 307 Å². The van der Waals surface area contributed by atoms with Crippen LogP contribution in [0.4, 0.5) is 0 Å². The molecular weight excluding hydrogens is 717 g/mol. The minimum atomic E-state index is -3.85. The Morgan fingerprint density at radius 2 is 1.71 bits per heavy atom. The zero-order chi connectivity index (χ0) is 36.4. The average molecular weight is 757 g/mol. The first kappa shape index (κ1) is 37.9. The average Bonchev–Trinajstić information content (AvgIpc) is 3.53. The fourth-order valence-corrected chi connectivity index (χ4v) is 7.49. The first-order chi connectivity index (χ1) is 24.6. The van der Waals surface area contributed by atoms with E-state index >= 15 is 0 Å². The largest absolute Gasteiger partial charge is 0.494 e. The number of hydrazine groups is 1. The summed E-state index contributed by atoms with van der Waals surface area (Å²) in [4.78, 5) is 19.4. The Morgan fingerprint density at radius 1 is 0.961 bits per heavy atom. The molecule has 0 saturated heterocycles. The van der Waals surface area contributed by atoms with E-state index in [-0.39, 0.29) is 28.8 Å². The van der Waals surface area contributed by atoms with Crippen molar-refractivity contribution in [3.8, 4) is 17.2 Å². The van der Waals surface area contributed by atoms with Crippen LogP contribution in [0.25, 0.3) is 0 Å². The Morgan fingerprint density at radius 3 is 2.39 bits per heavy atom. The lowest BCUT2D eigenvalue weighted by atomic mass is 9.85. The number of nitrogens with one attached hydrogen (secondary N) is 2. The van der Waals surface area contributed by atoms with Gasteiger partial charge in [0.05, 0.1) is 31.5 Å². The van der Waals surface area contributed by atoms with E-state index in [1.54, 1.807) is 74.9 Å². The molecule has 0 aromatic heterocycles. The maximum atomic E-state index is 14.5. The van der Waals surface area contributed by atoms with Crippen LogP contribution in [0.1, 0.15) is 35.6 Å². The molecule has 0 bridgehead atoms. The molecule has 0 radical (unpaired) electrons. The molecule has 4 aromatic carbocycles. The number of sulfone groups is 1. The maximum absolute atomic E-state index is 14.5. The molecule has 5 rings (SSSR count). The monoisotopic (exact) mass is 755 g/mol. The number of nitrogens with zero attached hydrogens (tertiary/aromatic N) is 1. The molecule has 1 aliphatic heterocycles. The van der Waals surface area contributed by atoms with Crippen molar-refractivity contribution >= 4 is 44.8 Å². The second kappa shape index (κ2) is 17.3. The molecule has 51 heavy (non-hydrogen) atoms. The number of rotatable bonds is 17. The van der Waals surface area contributed by atoms with Gasteiger partial charge in [0.2, 0.25) is 5.90 Å². The molecule has 0 spiro atoms. The van der Waals surface area contributed by atoms with E-state index in [1.807, 2.05) is 12.1 Å². The number of carbonyl (C=O) groups excluding carboxylic acids is 1. The van der Waals surface area contributed by atoms with Gasteiger partial charge in [-0.15, -0.1) is 0 Å². The number of aliphatic hydroxyl groups excluding tert-OH is 1. The van der Waals surface area contributed by atoms with Gasteiger partial charge in [-0.05, 0) is 72.6 Å². The van der Waals surface area contributed by atoms with Crippen molar-refractivity contribution in [2.45, 2.75) is 35.8 Å². The van der Waals surface area contributed by atoms with Crippen LogP contribution < -0.4 is 25.1 Å². The maximum Gasteiger partial charge on any atom is 0.266 e. The van der Waals surface area contributed by atoms with Crippen molar-refractivity contribution in [2.75, 3.05) is 39.7 Å². The molecule has 2 atom stereocenters. The summed E-state index contributed by atoms with van der Waals surface area (Å²) in [7, 11) is -0.733. The summed E-state index contributed by atoms with van der Waals surface area (Å²) in [5.41, 5.74) is 5.82. The van der Waals surface area contributed by atoms with E-state index < -0.39 is 33.1 Å². The van der Waals surface area contributed by atoms with Crippen LogP contribution in [0.5, 0.6) is 17.2 Å². The van der Waals surface area contributed by atoms with Crippen molar-refractivity contribution in [3.05, 3.63) is 118 Å². The number of hydrogen-bond donors (Lipinski definition) is 3. The lowest BCUT2D eigenvalue weighted by Crippen LogP contribution is -2.53. The highest BCUT2D eigenvalue weighted by atomic mass is 35.5. The van der Waals surface area contributed by atoms with E-state index in [0.29, 0.717) is 59.4 Å². The molecule has 1 amide bonds. The molecule has 1 heterocycles. The number of aliphatic imine (C=N–C) groups is 1. The summed E-state index contributed by atoms with van der Waals surface area (Å²) in [6.45, 7) is 0.663. The fraction of sp³-hybridized carbons (Fsp3) is 0.297. The van der Waals surface area contributed by atoms with Gasteiger partial charge < -0.3 is 24.1 Å². The lowest BCUT2D eigenvalue weighted by Gasteiger charge is -2.31. The van der Waals surface area contributed by atoms with E-state index in [1.165, 1.54) is 18.2 Å². The zero-order valence-corrected chi connectivity index (χ0v) is 30.4. The molecule has 270 valence electrons. The third-order valence-corrected chi connectivity index (χ3v) is 10.6. The van der Waals surface area contributed by atoms with Crippen molar-refractivity contribution in [1.29, 1.82) is 0 Å². The second-order valence-corrected chi connectivity index (χ2v) is 14.6. The smallest absolute Gasteiger partial charge is 0.266 e. The van der Waals surface area contributed by atoms with Crippen LogP contribution in [-0.2, 0) is 25.8 Å². The predicted molar refractivity (Wildman–Crippen MR) is 196 cm³/mol. The molecule has 0 aliphatic carbocycles. The molecule has 0 unspecified atom stereocenters. The van der Waals surface area contributed by atoms with Crippen molar-refractivity contribution < 1.29 is 37.3 Å². The summed E-state index contributed by atoms with van der Waals surface area (Å²) >= 11 is 12.9. The van der Waals surface area contributed by atoms with Crippen LogP contribution in [0.15, 0.2) is 101 Å². The molecule has 0 saturated carbocycles. The van der Waals surface area contributed by atoms with Gasteiger partial charge in [-0.3, -0.25) is 10.2 Å². The van der Waals surface area contributed by atoms with Crippen LogP contribution in [0, 0.1) is 0 Å². The highest BCUT2D eigenvalue weighted by Crippen LogP contribution is 2.45. The zero-order valence-electron chi connectivity index (χ0n) is 28.1. The van der Waals surface area contributed by atoms with Crippen LogP contribution >= 0.6 is 23.2 Å². The van der Waals surface area contributed by atoms with Gasteiger partial charge in [0.1, 0.15) is 5.75 Å². The molecule has 14 heteroatoms. The molecule has 3 N–H and O–H groups in total.